The van der Waals surface area contributed by atoms with Crippen LogP contribution in [-0.2, 0) is 16.6 Å². The number of hydrogen-bond acceptors (Lipinski definition) is 6. The lowest BCUT2D eigenvalue weighted by molar-refractivity contribution is -0.143. The Morgan fingerprint density at radius 2 is 2.03 bits per heavy atom. The Hall–Kier alpha value is -3.66. The number of amides is 2. The quantitative estimate of drug-likeness (QED) is 0.466. The Balaban J connectivity index is 1.84. The van der Waals surface area contributed by atoms with Gasteiger partial charge in [-0.05, 0) is 42.8 Å². The van der Waals surface area contributed by atoms with Gasteiger partial charge in [-0.2, -0.15) is 0 Å². The van der Waals surface area contributed by atoms with Crippen LogP contribution < -0.4 is 16.2 Å². The van der Waals surface area contributed by atoms with Gasteiger partial charge in [-0.15, -0.1) is 11.3 Å². The van der Waals surface area contributed by atoms with Crippen LogP contribution in [0.2, 0.25) is 0 Å². The number of carbonyl (C=O) groups is 2. The minimum Gasteiger partial charge on any atom is -0.505 e. The highest BCUT2D eigenvalue weighted by atomic mass is 32.1. The van der Waals surface area contributed by atoms with Crippen LogP contribution in [0.5, 0.6) is 5.75 Å². The molecule has 3 N–H and O–H groups in total. The number of ether oxygens (including phenoxy) is 1. The average molecular weight is 459 g/mol. The predicted octanol–water partition coefficient (Wildman–Crippen LogP) is 3.77. The third-order valence-corrected chi connectivity index (χ3v) is 5.79. The molecule has 8 nitrogen and oxygen atoms in total. The van der Waals surface area contributed by atoms with Crippen LogP contribution in [0.3, 0.4) is 0 Å². The van der Waals surface area contributed by atoms with E-state index in [-0.39, 0.29) is 30.3 Å². The molecule has 0 bridgehead atoms. The van der Waals surface area contributed by atoms with E-state index in [4.69, 9.17) is 4.74 Å². The zero-order valence-corrected chi connectivity index (χ0v) is 18.2. The van der Waals surface area contributed by atoms with Crippen molar-refractivity contribution in [1.82, 2.24) is 9.88 Å². The Morgan fingerprint density at radius 1 is 1.25 bits per heavy atom. The summed E-state index contributed by atoms with van der Waals surface area (Å²) in [5.41, 5.74) is -0.209. The molecular weight excluding hydrogens is 437 g/mol. The van der Waals surface area contributed by atoms with Crippen LogP contribution in [0.1, 0.15) is 24.3 Å². The Kier molecular flexibility index (Phi) is 7.26. The molecule has 2 amide bonds. The van der Waals surface area contributed by atoms with E-state index in [0.717, 1.165) is 4.88 Å². The highest BCUT2D eigenvalue weighted by molar-refractivity contribution is 7.15. The number of aryl methyl sites for hydroxylation is 1. The fraction of sp³-hybridized carbons (Fsp3) is 0.227. The molecule has 32 heavy (non-hydrogen) atoms. The molecule has 3 rings (SSSR count). The number of nitrogens with one attached hydrogen (secondary N) is 2. The van der Waals surface area contributed by atoms with E-state index in [1.54, 1.807) is 31.2 Å². The number of thiophene rings is 1. The van der Waals surface area contributed by atoms with Crippen molar-refractivity contribution in [1.29, 1.82) is 0 Å². The van der Waals surface area contributed by atoms with Gasteiger partial charge < -0.3 is 25.0 Å². The zero-order valence-electron chi connectivity index (χ0n) is 17.4. The number of esters is 1. The Morgan fingerprint density at radius 3 is 2.75 bits per heavy atom. The van der Waals surface area contributed by atoms with Crippen molar-refractivity contribution in [3.05, 3.63) is 69.7 Å². The molecule has 0 aliphatic carbocycles. The van der Waals surface area contributed by atoms with Crippen molar-refractivity contribution >= 4 is 29.0 Å². The first-order valence-corrected chi connectivity index (χ1v) is 10.6. The van der Waals surface area contributed by atoms with Crippen LogP contribution >= 0.6 is 11.3 Å². The fourth-order valence-electron chi connectivity index (χ4n) is 2.99. The van der Waals surface area contributed by atoms with Gasteiger partial charge >= 0.3 is 12.0 Å². The number of rotatable bonds is 7. The number of anilines is 1. The normalized spacial score (nSPS) is 11.6. The van der Waals surface area contributed by atoms with E-state index in [0.29, 0.717) is 10.4 Å². The first-order valence-electron chi connectivity index (χ1n) is 9.76. The summed E-state index contributed by atoms with van der Waals surface area (Å²) in [6.45, 7) is 1.86. The van der Waals surface area contributed by atoms with Gasteiger partial charge in [0.1, 0.15) is 11.6 Å². The van der Waals surface area contributed by atoms with Crippen LogP contribution in [0, 0.1) is 5.82 Å². The van der Waals surface area contributed by atoms with E-state index in [1.807, 2.05) is 0 Å². The number of nitrogens with zero attached hydrogens (tertiary/aromatic N) is 1. The van der Waals surface area contributed by atoms with E-state index >= 15 is 0 Å². The van der Waals surface area contributed by atoms with Gasteiger partial charge in [0.05, 0.1) is 19.1 Å². The van der Waals surface area contributed by atoms with Crippen LogP contribution in [0.4, 0.5) is 14.9 Å². The van der Waals surface area contributed by atoms with Gasteiger partial charge in [-0.1, -0.05) is 12.1 Å². The van der Waals surface area contributed by atoms with Gasteiger partial charge in [0.15, 0.2) is 5.69 Å². The maximum Gasteiger partial charge on any atom is 0.320 e. The summed E-state index contributed by atoms with van der Waals surface area (Å²) in [7, 11) is 1.48. The summed E-state index contributed by atoms with van der Waals surface area (Å²) in [6, 6.07) is 9.32. The smallest absolute Gasteiger partial charge is 0.320 e. The van der Waals surface area contributed by atoms with E-state index < -0.39 is 23.6 Å². The summed E-state index contributed by atoms with van der Waals surface area (Å²) < 4.78 is 19.8. The molecule has 1 atom stereocenters. The van der Waals surface area contributed by atoms with Gasteiger partial charge in [-0.25, -0.2) is 9.18 Å². The number of carbonyl (C=O) groups excluding carboxylic acids is 2. The number of hydrogen-bond donors (Lipinski definition) is 3. The van der Waals surface area contributed by atoms with Crippen molar-refractivity contribution in [2.45, 2.75) is 19.4 Å². The maximum atomic E-state index is 13.6. The second-order valence-electron chi connectivity index (χ2n) is 6.86. The number of pyridine rings is 1. The molecule has 0 unspecified atom stereocenters. The number of aromatic hydroxyl groups is 1. The highest BCUT2D eigenvalue weighted by Crippen LogP contribution is 2.33. The maximum absolute atomic E-state index is 13.6. The van der Waals surface area contributed by atoms with Crippen molar-refractivity contribution in [3.8, 4) is 16.2 Å². The summed E-state index contributed by atoms with van der Waals surface area (Å²) >= 11 is 1.29. The second kappa shape index (κ2) is 10.1. The van der Waals surface area contributed by atoms with Gasteiger partial charge in [0.2, 0.25) is 0 Å². The zero-order chi connectivity index (χ0) is 23.3. The SMILES string of the molecule is CCOC(=O)C[C@H](NC(=O)Nc1c(O)ccn(C)c1=O)c1ccc(-c2cccc(F)c2)s1. The topological polar surface area (TPSA) is 110 Å². The molecule has 2 aromatic heterocycles. The average Bonchev–Trinajstić information content (AvgIpc) is 3.24. The lowest BCUT2D eigenvalue weighted by atomic mass is 10.1. The first-order chi connectivity index (χ1) is 15.3. The molecule has 2 heterocycles. The van der Waals surface area contributed by atoms with Crippen LogP contribution in [0.25, 0.3) is 10.4 Å². The molecule has 0 saturated heterocycles. The predicted molar refractivity (Wildman–Crippen MR) is 119 cm³/mol. The van der Waals surface area contributed by atoms with Gasteiger partial charge in [-0.3, -0.25) is 9.59 Å². The molecule has 0 fully saturated rings. The molecule has 1 aromatic carbocycles. The Labute approximate surface area is 187 Å². The standard InChI is InChI=1S/C22H22FN3O5S/c1-3-31-19(28)12-15(18-8-7-17(32-18)13-5-4-6-14(23)11-13)24-22(30)25-20-16(27)9-10-26(2)21(20)29/h4-11,15,27H,3,12H2,1-2H3,(H2,24,25,30)/t15-/m0/s1. The van der Waals surface area contributed by atoms with Crippen LogP contribution in [-0.4, -0.2) is 28.3 Å². The van der Waals surface area contributed by atoms with E-state index in [2.05, 4.69) is 10.6 Å². The minimum absolute atomic E-state index is 0.150. The number of aromatic nitrogens is 1. The largest absolute Gasteiger partial charge is 0.505 e. The fourth-order valence-corrected chi connectivity index (χ4v) is 4.05. The minimum atomic E-state index is -0.779. The lowest BCUT2D eigenvalue weighted by Crippen LogP contribution is -2.35. The molecular formula is C22H22FN3O5S. The molecule has 10 heteroatoms. The summed E-state index contributed by atoms with van der Waals surface area (Å²) in [4.78, 5) is 38.3. The summed E-state index contributed by atoms with van der Waals surface area (Å²) in [5, 5.41) is 14.9. The number of benzene rings is 1. The van der Waals surface area contributed by atoms with Crippen molar-refractivity contribution in [2.24, 2.45) is 7.05 Å². The molecule has 3 aromatic rings. The van der Waals surface area contributed by atoms with Gasteiger partial charge in [0.25, 0.3) is 5.56 Å². The molecule has 168 valence electrons. The van der Waals surface area contributed by atoms with Crippen molar-refractivity contribution in [3.63, 3.8) is 0 Å². The molecule has 0 spiro atoms. The van der Waals surface area contributed by atoms with Crippen LogP contribution in [0.15, 0.2) is 53.5 Å². The van der Waals surface area contributed by atoms with Crippen molar-refractivity contribution in [2.75, 3.05) is 11.9 Å². The Bertz CT molecular complexity index is 1190. The molecule has 0 radical (unpaired) electrons. The van der Waals surface area contributed by atoms with Crippen molar-refractivity contribution < 1.29 is 23.8 Å². The highest BCUT2D eigenvalue weighted by Gasteiger charge is 2.22. The monoisotopic (exact) mass is 459 g/mol. The second-order valence-corrected chi connectivity index (χ2v) is 7.98. The third kappa shape index (κ3) is 5.52. The number of halogens is 1. The van der Waals surface area contributed by atoms with E-state index in [9.17, 15) is 23.9 Å². The molecule has 0 aliphatic rings. The number of urea groups is 1. The molecule has 0 saturated carbocycles. The third-order valence-electron chi connectivity index (χ3n) is 4.55. The summed E-state index contributed by atoms with van der Waals surface area (Å²) in [5.74, 6) is -1.27. The van der Waals surface area contributed by atoms with E-state index in [1.165, 1.54) is 47.3 Å². The molecule has 0 aliphatic heterocycles. The summed E-state index contributed by atoms with van der Waals surface area (Å²) in [6.07, 6.45) is 1.22. The first kappa shape index (κ1) is 23.0. The lowest BCUT2D eigenvalue weighted by Gasteiger charge is -2.17. The van der Waals surface area contributed by atoms with Gasteiger partial charge in [0, 0.05) is 23.0 Å².